The van der Waals surface area contributed by atoms with Crippen LogP contribution in [0.1, 0.15) is 18.5 Å². The van der Waals surface area contributed by atoms with Gasteiger partial charge in [0.2, 0.25) is 11.8 Å². The number of ether oxygens (including phenoxy) is 1. The minimum Gasteiger partial charge on any atom is -0.497 e. The number of primary amides is 1. The fraction of sp³-hybridized carbons (Fsp3) is 0.353. The molecule has 1 atom stereocenters. The van der Waals surface area contributed by atoms with E-state index < -0.39 is 11.9 Å². The Kier molecular flexibility index (Phi) is 4.80. The Balaban J connectivity index is 1.69. The van der Waals surface area contributed by atoms with Crippen LogP contribution in [0.4, 0.5) is 0 Å². The van der Waals surface area contributed by atoms with Gasteiger partial charge in [0.1, 0.15) is 16.8 Å². The first-order valence-corrected chi connectivity index (χ1v) is 8.64. The minimum absolute atomic E-state index is 0.0946. The van der Waals surface area contributed by atoms with Crippen molar-refractivity contribution in [3.05, 3.63) is 35.3 Å². The molecule has 0 bridgehead atoms. The highest BCUT2D eigenvalue weighted by molar-refractivity contribution is 7.13. The van der Waals surface area contributed by atoms with Crippen LogP contribution in [0, 0.1) is 0 Å². The number of hydrogen-bond donors (Lipinski definition) is 1. The average Bonchev–Trinajstić information content (AvgIpc) is 3.24. The average molecular weight is 345 g/mol. The van der Waals surface area contributed by atoms with Crippen molar-refractivity contribution in [1.29, 1.82) is 0 Å². The van der Waals surface area contributed by atoms with E-state index in [1.807, 2.05) is 29.6 Å². The van der Waals surface area contributed by atoms with E-state index in [9.17, 15) is 9.59 Å². The number of nitrogens with zero attached hydrogens (tertiary/aromatic N) is 2. The van der Waals surface area contributed by atoms with Crippen molar-refractivity contribution in [1.82, 2.24) is 9.88 Å². The van der Waals surface area contributed by atoms with E-state index in [1.165, 1.54) is 11.3 Å². The van der Waals surface area contributed by atoms with Crippen LogP contribution in [-0.2, 0) is 16.0 Å². The summed E-state index contributed by atoms with van der Waals surface area (Å²) in [5, 5.41) is 2.74. The molecule has 2 N–H and O–H groups in total. The number of carbonyl (C=O) groups excluding carboxylic acids is 2. The summed E-state index contributed by atoms with van der Waals surface area (Å²) in [6.07, 6.45) is 1.65. The summed E-state index contributed by atoms with van der Waals surface area (Å²) < 4.78 is 5.14. The number of likely N-dealkylation sites (tertiary alicyclic amines) is 1. The lowest BCUT2D eigenvalue weighted by Crippen LogP contribution is -2.44. The topological polar surface area (TPSA) is 85.5 Å². The van der Waals surface area contributed by atoms with Gasteiger partial charge in [0.05, 0.1) is 19.2 Å². The predicted octanol–water partition coefficient (Wildman–Crippen LogP) is 1.84. The summed E-state index contributed by atoms with van der Waals surface area (Å²) in [6.45, 7) is 0.585. The van der Waals surface area contributed by atoms with Gasteiger partial charge in [-0.25, -0.2) is 4.98 Å². The van der Waals surface area contributed by atoms with E-state index in [0.29, 0.717) is 18.7 Å². The van der Waals surface area contributed by atoms with Crippen molar-refractivity contribution in [2.24, 2.45) is 5.73 Å². The van der Waals surface area contributed by atoms with Gasteiger partial charge in [0, 0.05) is 17.5 Å². The Labute approximate surface area is 144 Å². The van der Waals surface area contributed by atoms with E-state index in [4.69, 9.17) is 10.5 Å². The number of carbonyl (C=O) groups is 2. The van der Waals surface area contributed by atoms with E-state index in [1.54, 1.807) is 12.0 Å². The van der Waals surface area contributed by atoms with Gasteiger partial charge in [-0.2, -0.15) is 0 Å². The zero-order valence-electron chi connectivity index (χ0n) is 13.4. The number of amides is 2. The van der Waals surface area contributed by atoms with Crippen LogP contribution in [0.15, 0.2) is 29.6 Å². The number of nitrogens with two attached hydrogens (primary N) is 1. The highest BCUT2D eigenvalue weighted by Gasteiger charge is 2.32. The van der Waals surface area contributed by atoms with Crippen LogP contribution in [-0.4, -0.2) is 41.4 Å². The molecule has 7 heteroatoms. The lowest BCUT2D eigenvalue weighted by Gasteiger charge is -2.21. The number of methoxy groups -OCH3 is 1. The van der Waals surface area contributed by atoms with Crippen LogP contribution in [0.5, 0.6) is 5.75 Å². The first-order valence-electron chi connectivity index (χ1n) is 7.76. The molecule has 1 saturated heterocycles. The summed E-state index contributed by atoms with van der Waals surface area (Å²) >= 11 is 1.49. The van der Waals surface area contributed by atoms with E-state index >= 15 is 0 Å². The molecule has 3 rings (SSSR count). The molecule has 24 heavy (non-hydrogen) atoms. The first-order chi connectivity index (χ1) is 11.6. The van der Waals surface area contributed by atoms with Gasteiger partial charge in [-0.05, 0) is 37.1 Å². The molecule has 6 nitrogen and oxygen atoms in total. The molecule has 2 amide bonds. The molecule has 0 saturated carbocycles. The molecule has 1 aromatic heterocycles. The van der Waals surface area contributed by atoms with Crippen LogP contribution >= 0.6 is 11.3 Å². The zero-order valence-corrected chi connectivity index (χ0v) is 14.2. The second kappa shape index (κ2) is 7.00. The van der Waals surface area contributed by atoms with E-state index in [2.05, 4.69) is 4.98 Å². The monoisotopic (exact) mass is 345 g/mol. The van der Waals surface area contributed by atoms with Gasteiger partial charge in [0.25, 0.3) is 0 Å². The van der Waals surface area contributed by atoms with Gasteiger partial charge in [0.15, 0.2) is 0 Å². The third-order valence-electron chi connectivity index (χ3n) is 4.12. The van der Waals surface area contributed by atoms with Crippen molar-refractivity contribution in [3.63, 3.8) is 0 Å². The number of aromatic nitrogens is 1. The van der Waals surface area contributed by atoms with E-state index in [0.717, 1.165) is 22.7 Å². The fourth-order valence-electron chi connectivity index (χ4n) is 2.87. The minimum atomic E-state index is -0.475. The second-order valence-electron chi connectivity index (χ2n) is 5.70. The van der Waals surface area contributed by atoms with Crippen molar-refractivity contribution in [2.45, 2.75) is 25.3 Å². The normalized spacial score (nSPS) is 17.0. The third-order valence-corrected chi connectivity index (χ3v) is 5.06. The van der Waals surface area contributed by atoms with Crippen LogP contribution in [0.2, 0.25) is 0 Å². The number of hydrogen-bond acceptors (Lipinski definition) is 5. The van der Waals surface area contributed by atoms with Crippen LogP contribution in [0.3, 0.4) is 0 Å². The second-order valence-corrected chi connectivity index (χ2v) is 6.55. The maximum Gasteiger partial charge on any atom is 0.240 e. The maximum atomic E-state index is 12.4. The maximum absolute atomic E-state index is 12.4. The Hall–Kier alpha value is -2.41. The summed E-state index contributed by atoms with van der Waals surface area (Å²) in [5.74, 6) is 0.262. The highest BCUT2D eigenvalue weighted by Crippen LogP contribution is 2.26. The summed E-state index contributed by atoms with van der Waals surface area (Å²) in [7, 11) is 1.62. The SMILES string of the molecule is COc1ccc(-c2nc(CC(=O)N3CCC[C@H]3C(N)=O)cs2)cc1. The van der Waals surface area contributed by atoms with Crippen molar-refractivity contribution in [2.75, 3.05) is 13.7 Å². The smallest absolute Gasteiger partial charge is 0.240 e. The summed E-state index contributed by atoms with van der Waals surface area (Å²) in [4.78, 5) is 29.9. The lowest BCUT2D eigenvalue weighted by molar-refractivity contribution is -0.136. The summed E-state index contributed by atoms with van der Waals surface area (Å²) in [5.41, 5.74) is 7.06. The lowest BCUT2D eigenvalue weighted by atomic mass is 10.2. The highest BCUT2D eigenvalue weighted by atomic mass is 32.1. The quantitative estimate of drug-likeness (QED) is 0.896. The summed E-state index contributed by atoms with van der Waals surface area (Å²) in [6, 6.07) is 7.16. The molecule has 126 valence electrons. The molecule has 0 aliphatic carbocycles. The first kappa shape index (κ1) is 16.4. The van der Waals surface area contributed by atoms with E-state index in [-0.39, 0.29) is 12.3 Å². The molecule has 0 spiro atoms. The van der Waals surface area contributed by atoms with Crippen molar-refractivity contribution < 1.29 is 14.3 Å². The van der Waals surface area contributed by atoms with Crippen molar-refractivity contribution in [3.8, 4) is 16.3 Å². The third kappa shape index (κ3) is 3.41. The number of benzene rings is 1. The van der Waals surface area contributed by atoms with Gasteiger partial charge in [-0.1, -0.05) is 0 Å². The van der Waals surface area contributed by atoms with Gasteiger partial charge in [-0.15, -0.1) is 11.3 Å². The largest absolute Gasteiger partial charge is 0.497 e. The van der Waals surface area contributed by atoms with Gasteiger partial charge in [-0.3, -0.25) is 9.59 Å². The Bertz CT molecular complexity index is 742. The molecular formula is C17H19N3O3S. The van der Waals surface area contributed by atoms with Gasteiger partial charge >= 0.3 is 0 Å². The molecule has 2 heterocycles. The molecule has 1 aliphatic rings. The fourth-order valence-corrected chi connectivity index (χ4v) is 3.70. The standard InChI is InChI=1S/C17H19N3O3S/c1-23-13-6-4-11(5-7-13)17-19-12(10-24-17)9-15(21)20-8-2-3-14(20)16(18)22/h4-7,10,14H,2-3,8-9H2,1H3,(H2,18,22)/t14-/m0/s1. The number of rotatable bonds is 5. The van der Waals surface area contributed by atoms with Gasteiger partial charge < -0.3 is 15.4 Å². The predicted molar refractivity (Wildman–Crippen MR) is 91.7 cm³/mol. The number of thiazole rings is 1. The molecular weight excluding hydrogens is 326 g/mol. The molecule has 1 fully saturated rings. The Morgan fingerprint density at radius 1 is 1.38 bits per heavy atom. The Morgan fingerprint density at radius 2 is 2.12 bits per heavy atom. The van der Waals surface area contributed by atoms with Crippen LogP contribution in [0.25, 0.3) is 10.6 Å². The molecule has 1 aromatic carbocycles. The Morgan fingerprint density at radius 3 is 2.79 bits per heavy atom. The zero-order chi connectivity index (χ0) is 17.1. The molecule has 1 aliphatic heterocycles. The van der Waals surface area contributed by atoms with Crippen LogP contribution < -0.4 is 10.5 Å². The molecule has 2 aromatic rings. The molecule has 0 radical (unpaired) electrons. The van der Waals surface area contributed by atoms with Crippen molar-refractivity contribution >= 4 is 23.2 Å². The molecule has 0 unspecified atom stereocenters.